The fraction of sp³-hybridized carbons (Fsp3) is 0.500. The van der Waals surface area contributed by atoms with E-state index < -0.39 is 37.0 Å². The van der Waals surface area contributed by atoms with Gasteiger partial charge in [-0.3, -0.25) is 14.5 Å². The van der Waals surface area contributed by atoms with Gasteiger partial charge in [-0.25, -0.2) is 8.78 Å². The Balaban J connectivity index is 2.09. The number of hydrogen-bond acceptors (Lipinski definition) is 4. The molecule has 1 aromatic rings. The Kier molecular flexibility index (Phi) is 5.43. The Morgan fingerprint density at radius 2 is 1.52 bits per heavy atom. The summed E-state index contributed by atoms with van der Waals surface area (Å²) in [5.74, 6) is -4.70. The predicted octanol–water partition coefficient (Wildman–Crippen LogP) is 2.71. The number of imide groups is 1. The van der Waals surface area contributed by atoms with Crippen LogP contribution < -0.4 is 0 Å². The maximum Gasteiger partial charge on any atom is 0.270 e. The molecule has 126 valence electrons. The van der Waals surface area contributed by atoms with Crippen LogP contribution in [0.1, 0.15) is 41.0 Å². The smallest absolute Gasteiger partial charge is 0.270 e. The summed E-state index contributed by atoms with van der Waals surface area (Å²) in [5, 5.41) is 0. The summed E-state index contributed by atoms with van der Waals surface area (Å²) in [6.07, 6.45) is -1.79. The van der Waals surface area contributed by atoms with E-state index in [9.17, 15) is 18.4 Å². The Morgan fingerprint density at radius 3 is 1.96 bits per heavy atom. The molecule has 0 saturated heterocycles. The molecule has 0 bridgehead atoms. The number of carbonyl (C=O) groups excluding carboxylic acids is 2. The van der Waals surface area contributed by atoms with Gasteiger partial charge in [0.15, 0.2) is 6.29 Å². The van der Waals surface area contributed by atoms with Crippen LogP contribution in [0.4, 0.5) is 8.78 Å². The average molecular weight is 327 g/mol. The largest absolute Gasteiger partial charge is 0.353 e. The second-order valence-electron chi connectivity index (χ2n) is 5.14. The van der Waals surface area contributed by atoms with Gasteiger partial charge in [-0.2, -0.15) is 0 Å². The molecule has 1 heterocycles. The van der Waals surface area contributed by atoms with Gasteiger partial charge < -0.3 is 9.47 Å². The minimum atomic E-state index is -3.30. The molecule has 0 unspecified atom stereocenters. The maximum atomic E-state index is 14.2. The number of benzene rings is 1. The number of alkyl halides is 2. The number of carbonyl (C=O) groups is 2. The number of hydrogen-bond donors (Lipinski definition) is 0. The molecular weight excluding hydrogens is 308 g/mol. The lowest BCUT2D eigenvalue weighted by molar-refractivity contribution is -0.179. The fourth-order valence-electron chi connectivity index (χ4n) is 2.46. The quantitative estimate of drug-likeness (QED) is 0.544. The molecular formula is C16H19F2NO4. The van der Waals surface area contributed by atoms with Gasteiger partial charge >= 0.3 is 0 Å². The number of amides is 2. The van der Waals surface area contributed by atoms with E-state index in [-0.39, 0.29) is 24.3 Å². The van der Waals surface area contributed by atoms with Crippen molar-refractivity contribution < 1.29 is 27.8 Å². The van der Waals surface area contributed by atoms with Gasteiger partial charge in [-0.15, -0.1) is 0 Å². The zero-order valence-electron chi connectivity index (χ0n) is 13.1. The Bertz CT molecular complexity index is 550. The van der Waals surface area contributed by atoms with E-state index in [1.807, 2.05) is 0 Å². The number of rotatable bonds is 8. The van der Waals surface area contributed by atoms with Gasteiger partial charge in [0.25, 0.3) is 17.7 Å². The number of halogens is 2. The standard InChI is InChI=1S/C16H19F2NO4/c1-3-22-13(23-4-2)9-16(17,18)10-19-14(20)11-7-5-6-8-12(11)15(19)21/h5-8,13H,3-4,9-10H2,1-2H3. The molecule has 0 saturated carbocycles. The first kappa shape index (κ1) is 17.5. The van der Waals surface area contributed by atoms with Crippen molar-refractivity contribution in [1.82, 2.24) is 4.90 Å². The second kappa shape index (κ2) is 7.14. The van der Waals surface area contributed by atoms with E-state index >= 15 is 0 Å². The molecule has 1 aliphatic heterocycles. The molecule has 2 rings (SSSR count). The molecule has 0 aliphatic carbocycles. The lowest BCUT2D eigenvalue weighted by atomic mass is 10.1. The molecule has 1 aromatic carbocycles. The van der Waals surface area contributed by atoms with E-state index in [0.717, 1.165) is 0 Å². The van der Waals surface area contributed by atoms with E-state index in [4.69, 9.17) is 9.47 Å². The van der Waals surface area contributed by atoms with Crippen molar-refractivity contribution in [3.63, 3.8) is 0 Å². The minimum Gasteiger partial charge on any atom is -0.353 e. The molecule has 0 N–H and O–H groups in total. The summed E-state index contributed by atoms with van der Waals surface area (Å²) in [7, 11) is 0. The van der Waals surface area contributed by atoms with Crippen molar-refractivity contribution in [3.05, 3.63) is 35.4 Å². The van der Waals surface area contributed by atoms with Crippen molar-refractivity contribution in [2.45, 2.75) is 32.5 Å². The first-order chi connectivity index (χ1) is 10.9. The molecule has 0 radical (unpaired) electrons. The summed E-state index contributed by atoms with van der Waals surface area (Å²) in [6.45, 7) is 2.82. The Hall–Kier alpha value is -1.86. The topological polar surface area (TPSA) is 55.8 Å². The molecule has 23 heavy (non-hydrogen) atoms. The Labute approximate surface area is 133 Å². The van der Waals surface area contributed by atoms with Crippen LogP contribution in [0.3, 0.4) is 0 Å². The average Bonchev–Trinajstić information content (AvgIpc) is 2.73. The van der Waals surface area contributed by atoms with Crippen LogP contribution >= 0.6 is 0 Å². The van der Waals surface area contributed by atoms with Crippen molar-refractivity contribution in [1.29, 1.82) is 0 Å². The van der Waals surface area contributed by atoms with Crippen LogP contribution in [-0.4, -0.2) is 48.7 Å². The first-order valence-electron chi connectivity index (χ1n) is 7.46. The number of fused-ring (bicyclic) bond motifs is 1. The van der Waals surface area contributed by atoms with Crippen molar-refractivity contribution in [3.8, 4) is 0 Å². The third kappa shape index (κ3) is 3.92. The van der Waals surface area contributed by atoms with Crippen molar-refractivity contribution >= 4 is 11.8 Å². The summed E-state index contributed by atoms with van der Waals surface area (Å²) in [6, 6.07) is 6.09. The van der Waals surface area contributed by atoms with E-state index in [2.05, 4.69) is 0 Å². The van der Waals surface area contributed by atoms with Gasteiger partial charge in [-0.1, -0.05) is 12.1 Å². The maximum absolute atomic E-state index is 14.2. The van der Waals surface area contributed by atoms with Gasteiger partial charge in [-0.05, 0) is 26.0 Å². The third-order valence-electron chi connectivity index (χ3n) is 3.44. The third-order valence-corrected chi connectivity index (χ3v) is 3.44. The molecule has 0 spiro atoms. The number of ether oxygens (including phenoxy) is 2. The van der Waals surface area contributed by atoms with Crippen molar-refractivity contribution in [2.75, 3.05) is 19.8 Å². The molecule has 0 fully saturated rings. The SMILES string of the molecule is CCOC(CC(F)(F)CN1C(=O)c2ccccc2C1=O)OCC. The van der Waals surface area contributed by atoms with Gasteiger partial charge in [0.1, 0.15) is 0 Å². The molecule has 5 nitrogen and oxygen atoms in total. The monoisotopic (exact) mass is 327 g/mol. The van der Waals surface area contributed by atoms with Crippen LogP contribution in [0, 0.1) is 0 Å². The highest BCUT2D eigenvalue weighted by Crippen LogP contribution is 2.29. The van der Waals surface area contributed by atoms with Crippen LogP contribution in [0.2, 0.25) is 0 Å². The second-order valence-corrected chi connectivity index (χ2v) is 5.14. The summed E-state index contributed by atoms with van der Waals surface area (Å²) >= 11 is 0. The lowest BCUT2D eigenvalue weighted by Crippen LogP contribution is -2.42. The Morgan fingerprint density at radius 1 is 1.04 bits per heavy atom. The normalized spacial score (nSPS) is 14.7. The van der Waals surface area contributed by atoms with Crippen LogP contribution in [-0.2, 0) is 9.47 Å². The highest BCUT2D eigenvalue weighted by molar-refractivity contribution is 6.21. The molecule has 2 amide bonds. The van der Waals surface area contributed by atoms with Crippen LogP contribution in [0.15, 0.2) is 24.3 Å². The van der Waals surface area contributed by atoms with Crippen LogP contribution in [0.25, 0.3) is 0 Å². The van der Waals surface area contributed by atoms with E-state index in [1.54, 1.807) is 26.0 Å². The predicted molar refractivity (Wildman–Crippen MR) is 78.4 cm³/mol. The molecule has 7 heteroatoms. The lowest BCUT2D eigenvalue weighted by Gasteiger charge is -2.26. The zero-order valence-corrected chi connectivity index (χ0v) is 13.1. The molecule has 0 atom stereocenters. The summed E-state index contributed by atoms with van der Waals surface area (Å²) in [5.41, 5.74) is 0.305. The van der Waals surface area contributed by atoms with E-state index in [1.165, 1.54) is 12.1 Å². The minimum absolute atomic E-state index is 0.152. The molecule has 1 aliphatic rings. The highest BCUT2D eigenvalue weighted by Gasteiger charge is 2.43. The summed E-state index contributed by atoms with van der Waals surface area (Å²) in [4.78, 5) is 24.8. The van der Waals surface area contributed by atoms with Gasteiger partial charge in [0, 0.05) is 13.2 Å². The molecule has 0 aromatic heterocycles. The first-order valence-corrected chi connectivity index (χ1v) is 7.46. The zero-order chi connectivity index (χ0) is 17.0. The van der Waals surface area contributed by atoms with E-state index in [0.29, 0.717) is 4.90 Å². The number of nitrogens with zero attached hydrogens (tertiary/aromatic N) is 1. The summed E-state index contributed by atoms with van der Waals surface area (Å²) < 4.78 is 38.7. The van der Waals surface area contributed by atoms with Gasteiger partial charge in [0.2, 0.25) is 0 Å². The fourth-order valence-corrected chi connectivity index (χ4v) is 2.46. The van der Waals surface area contributed by atoms with Gasteiger partial charge in [0.05, 0.1) is 24.1 Å². The highest BCUT2D eigenvalue weighted by atomic mass is 19.3. The van der Waals surface area contributed by atoms with Crippen LogP contribution in [0.5, 0.6) is 0 Å². The van der Waals surface area contributed by atoms with Crippen molar-refractivity contribution in [2.24, 2.45) is 0 Å².